The highest BCUT2D eigenvalue weighted by Crippen LogP contribution is 2.35. The van der Waals surface area contributed by atoms with E-state index in [1.807, 2.05) is 6.92 Å². The van der Waals surface area contributed by atoms with Crippen LogP contribution in [0.25, 0.3) is 11.0 Å². The van der Waals surface area contributed by atoms with Crippen molar-refractivity contribution in [2.75, 3.05) is 18.5 Å². The van der Waals surface area contributed by atoms with Gasteiger partial charge in [-0.2, -0.15) is 8.75 Å². The molecule has 2 aromatic rings. The van der Waals surface area contributed by atoms with E-state index in [9.17, 15) is 4.79 Å². The zero-order valence-corrected chi connectivity index (χ0v) is 11.7. The normalized spacial score (nSPS) is 10.8. The molecule has 96 valence electrons. The minimum Gasteiger partial charge on any atom is -0.372 e. The number of fused-ring (bicyclic) bond motifs is 1. The molecule has 0 saturated heterocycles. The molecule has 2 rings (SSSR count). The quantitative estimate of drug-likeness (QED) is 0.943. The number of carbonyl (C=O) groups is 1. The number of benzene rings is 1. The number of rotatable bonds is 4. The summed E-state index contributed by atoms with van der Waals surface area (Å²) in [6.07, 6.45) is 0. The molecule has 0 atom stereocenters. The van der Waals surface area contributed by atoms with Crippen molar-refractivity contribution in [3.05, 3.63) is 16.1 Å². The molecule has 1 heterocycles. The van der Waals surface area contributed by atoms with Gasteiger partial charge in [-0.1, -0.05) is 23.2 Å². The van der Waals surface area contributed by atoms with Crippen molar-refractivity contribution in [2.24, 2.45) is 0 Å². The Kier molecular flexibility index (Phi) is 4.34. The maximum atomic E-state index is 11.6. The van der Waals surface area contributed by atoms with E-state index in [1.54, 1.807) is 0 Å². The Morgan fingerprint density at radius 1 is 1.39 bits per heavy atom. The molecule has 1 N–H and O–H groups in total. The lowest BCUT2D eigenvalue weighted by Crippen LogP contribution is -2.18. The van der Waals surface area contributed by atoms with Gasteiger partial charge in [0.05, 0.1) is 27.5 Å². The Morgan fingerprint density at radius 3 is 2.83 bits per heavy atom. The summed E-state index contributed by atoms with van der Waals surface area (Å²) in [4.78, 5) is 11.6. The van der Waals surface area contributed by atoms with Crippen LogP contribution in [0.15, 0.2) is 6.07 Å². The fourth-order valence-corrected chi connectivity index (χ4v) is 2.52. The summed E-state index contributed by atoms with van der Waals surface area (Å²) in [6, 6.07) is 1.53. The van der Waals surface area contributed by atoms with Gasteiger partial charge in [0, 0.05) is 6.61 Å². The summed E-state index contributed by atoms with van der Waals surface area (Å²) in [5.41, 5.74) is 1.43. The molecule has 0 aliphatic rings. The van der Waals surface area contributed by atoms with Crippen molar-refractivity contribution >= 4 is 57.6 Å². The summed E-state index contributed by atoms with van der Waals surface area (Å²) in [7, 11) is 0. The third-order valence-corrected chi connectivity index (χ3v) is 3.26. The first kappa shape index (κ1) is 13.5. The lowest BCUT2D eigenvalue weighted by molar-refractivity contribution is -0.120. The number of anilines is 1. The Labute approximate surface area is 117 Å². The van der Waals surface area contributed by atoms with Crippen molar-refractivity contribution < 1.29 is 9.53 Å². The minimum atomic E-state index is -0.296. The number of amides is 1. The second-order valence-corrected chi connectivity index (χ2v) is 4.70. The molecule has 0 fully saturated rings. The van der Waals surface area contributed by atoms with Gasteiger partial charge in [-0.3, -0.25) is 4.79 Å². The zero-order chi connectivity index (χ0) is 13.1. The molecule has 5 nitrogen and oxygen atoms in total. The highest BCUT2D eigenvalue weighted by Gasteiger charge is 2.15. The van der Waals surface area contributed by atoms with Gasteiger partial charge < -0.3 is 10.1 Å². The number of hydrogen-bond acceptors (Lipinski definition) is 5. The van der Waals surface area contributed by atoms with Gasteiger partial charge in [0.1, 0.15) is 17.6 Å². The number of aromatic nitrogens is 2. The second kappa shape index (κ2) is 5.79. The highest BCUT2D eigenvalue weighted by molar-refractivity contribution is 7.00. The van der Waals surface area contributed by atoms with Crippen LogP contribution >= 0.6 is 34.9 Å². The zero-order valence-electron chi connectivity index (χ0n) is 9.37. The van der Waals surface area contributed by atoms with E-state index in [-0.39, 0.29) is 12.5 Å². The SMILES string of the molecule is CCOCC(=O)Nc1c(Cl)cc(Cl)c2nsnc12. The monoisotopic (exact) mass is 305 g/mol. The number of halogens is 2. The van der Waals surface area contributed by atoms with Crippen LogP contribution in [0.2, 0.25) is 10.0 Å². The predicted molar refractivity (Wildman–Crippen MR) is 72.6 cm³/mol. The van der Waals surface area contributed by atoms with Crippen LogP contribution in [-0.4, -0.2) is 27.9 Å². The van der Waals surface area contributed by atoms with E-state index in [4.69, 9.17) is 27.9 Å². The van der Waals surface area contributed by atoms with Crippen molar-refractivity contribution in [1.82, 2.24) is 8.75 Å². The molecule has 18 heavy (non-hydrogen) atoms. The van der Waals surface area contributed by atoms with E-state index in [0.717, 1.165) is 11.7 Å². The first-order chi connectivity index (χ1) is 8.63. The standard InChI is InChI=1S/C10H9Cl2N3O2S/c1-2-17-4-7(16)13-8-5(11)3-6(12)9-10(8)15-18-14-9/h3H,2,4H2,1H3,(H,13,16). The van der Waals surface area contributed by atoms with E-state index < -0.39 is 0 Å². The van der Waals surface area contributed by atoms with E-state index >= 15 is 0 Å². The molecular weight excluding hydrogens is 297 g/mol. The molecule has 1 amide bonds. The molecule has 1 aromatic carbocycles. The van der Waals surface area contributed by atoms with Crippen LogP contribution < -0.4 is 5.32 Å². The molecule has 8 heteroatoms. The number of nitrogens with zero attached hydrogens (tertiary/aromatic N) is 2. The average molecular weight is 306 g/mol. The van der Waals surface area contributed by atoms with E-state index in [2.05, 4.69) is 14.1 Å². The Morgan fingerprint density at radius 2 is 2.11 bits per heavy atom. The molecule has 0 bridgehead atoms. The van der Waals surface area contributed by atoms with E-state index in [1.165, 1.54) is 6.07 Å². The number of nitrogens with one attached hydrogen (secondary N) is 1. The molecule has 0 aliphatic carbocycles. The van der Waals surface area contributed by atoms with Crippen molar-refractivity contribution in [3.8, 4) is 0 Å². The number of carbonyl (C=O) groups excluding carboxylic acids is 1. The number of ether oxygens (including phenoxy) is 1. The lowest BCUT2D eigenvalue weighted by Gasteiger charge is -2.08. The summed E-state index contributed by atoms with van der Waals surface area (Å²) in [5, 5.41) is 3.38. The summed E-state index contributed by atoms with van der Waals surface area (Å²) < 4.78 is 13.1. The van der Waals surface area contributed by atoms with Crippen LogP contribution in [0.5, 0.6) is 0 Å². The molecule has 0 saturated carbocycles. The third kappa shape index (κ3) is 2.72. The van der Waals surface area contributed by atoms with Crippen molar-refractivity contribution in [3.63, 3.8) is 0 Å². The molecule has 0 radical (unpaired) electrons. The second-order valence-electron chi connectivity index (χ2n) is 3.36. The first-order valence-electron chi connectivity index (χ1n) is 5.11. The number of hydrogen-bond donors (Lipinski definition) is 1. The fourth-order valence-electron chi connectivity index (χ4n) is 1.36. The minimum absolute atomic E-state index is 0.0332. The Bertz CT molecular complexity index is 588. The van der Waals surface area contributed by atoms with Crippen LogP contribution in [0.4, 0.5) is 5.69 Å². The maximum absolute atomic E-state index is 11.6. The Hall–Kier alpha value is -0.950. The highest BCUT2D eigenvalue weighted by atomic mass is 35.5. The molecular formula is C10H9Cl2N3O2S. The molecule has 1 aromatic heterocycles. The fraction of sp³-hybridized carbons (Fsp3) is 0.300. The summed E-state index contributed by atoms with van der Waals surface area (Å²) in [5.74, 6) is -0.296. The maximum Gasteiger partial charge on any atom is 0.250 e. The average Bonchev–Trinajstić information content (AvgIpc) is 2.81. The predicted octanol–water partition coefficient (Wildman–Crippen LogP) is 2.97. The largest absolute Gasteiger partial charge is 0.372 e. The Balaban J connectivity index is 2.32. The molecule has 0 unspecified atom stereocenters. The molecule has 0 spiro atoms. The van der Waals surface area contributed by atoms with Crippen LogP contribution in [0.1, 0.15) is 6.92 Å². The van der Waals surface area contributed by atoms with Gasteiger partial charge in [-0.25, -0.2) is 0 Å². The van der Waals surface area contributed by atoms with Gasteiger partial charge in [-0.05, 0) is 13.0 Å². The van der Waals surface area contributed by atoms with Gasteiger partial charge in [0.2, 0.25) is 5.91 Å². The third-order valence-electron chi connectivity index (χ3n) is 2.15. The van der Waals surface area contributed by atoms with E-state index in [0.29, 0.717) is 33.4 Å². The smallest absolute Gasteiger partial charge is 0.250 e. The van der Waals surface area contributed by atoms with Crippen molar-refractivity contribution in [2.45, 2.75) is 6.92 Å². The molecule has 0 aliphatic heterocycles. The topological polar surface area (TPSA) is 64.1 Å². The van der Waals surface area contributed by atoms with Crippen LogP contribution in [-0.2, 0) is 9.53 Å². The van der Waals surface area contributed by atoms with Gasteiger partial charge in [0.25, 0.3) is 0 Å². The van der Waals surface area contributed by atoms with Gasteiger partial charge in [-0.15, -0.1) is 0 Å². The lowest BCUT2D eigenvalue weighted by atomic mass is 10.2. The van der Waals surface area contributed by atoms with Gasteiger partial charge in [0.15, 0.2) is 0 Å². The first-order valence-corrected chi connectivity index (χ1v) is 6.60. The van der Waals surface area contributed by atoms with Gasteiger partial charge >= 0.3 is 0 Å². The summed E-state index contributed by atoms with van der Waals surface area (Å²) in [6.45, 7) is 2.25. The van der Waals surface area contributed by atoms with Crippen molar-refractivity contribution in [1.29, 1.82) is 0 Å². The van der Waals surface area contributed by atoms with Crippen LogP contribution in [0.3, 0.4) is 0 Å². The van der Waals surface area contributed by atoms with Crippen LogP contribution in [0, 0.1) is 0 Å². The summed E-state index contributed by atoms with van der Waals surface area (Å²) >= 11 is 13.0.